The number of aliphatic carboxylic acids is 1. The summed E-state index contributed by atoms with van der Waals surface area (Å²) in [6.07, 6.45) is 4.30. The van der Waals surface area contributed by atoms with Crippen LogP contribution < -0.4 is 4.74 Å². The highest BCUT2D eigenvalue weighted by molar-refractivity contribution is 5.93. The molecule has 0 unspecified atom stereocenters. The van der Waals surface area contributed by atoms with Crippen molar-refractivity contribution in [1.29, 1.82) is 0 Å². The van der Waals surface area contributed by atoms with Gasteiger partial charge in [0.1, 0.15) is 5.75 Å². The Hall–Kier alpha value is -2.83. The lowest BCUT2D eigenvalue weighted by atomic mass is 10.2. The Morgan fingerprint density at radius 2 is 2.00 bits per heavy atom. The predicted molar refractivity (Wildman–Crippen MR) is 87.9 cm³/mol. The zero-order valence-electron chi connectivity index (χ0n) is 13.8. The molecule has 0 fully saturated rings. The van der Waals surface area contributed by atoms with Gasteiger partial charge in [-0.2, -0.15) is 5.10 Å². The number of amides is 1. The van der Waals surface area contributed by atoms with E-state index in [4.69, 9.17) is 9.84 Å². The highest BCUT2D eigenvalue weighted by Crippen LogP contribution is 2.14. The molecule has 1 N–H and O–H groups in total. The first kappa shape index (κ1) is 17.5. The van der Waals surface area contributed by atoms with Crippen LogP contribution >= 0.6 is 0 Å². The fraction of sp³-hybridized carbons (Fsp3) is 0.353. The Bertz CT molecular complexity index is 694. The highest BCUT2D eigenvalue weighted by atomic mass is 16.5. The van der Waals surface area contributed by atoms with Crippen molar-refractivity contribution in [1.82, 2.24) is 14.7 Å². The van der Waals surface area contributed by atoms with Gasteiger partial charge in [-0.25, -0.2) is 4.79 Å². The van der Waals surface area contributed by atoms with Gasteiger partial charge in [0.05, 0.1) is 11.8 Å². The van der Waals surface area contributed by atoms with Crippen LogP contribution in [0.2, 0.25) is 0 Å². The van der Waals surface area contributed by atoms with Gasteiger partial charge in [-0.1, -0.05) is 19.1 Å². The molecule has 0 saturated carbocycles. The zero-order chi connectivity index (χ0) is 17.5. The molecule has 0 aliphatic heterocycles. The second-order valence-electron chi connectivity index (χ2n) is 5.48. The van der Waals surface area contributed by atoms with Crippen LogP contribution in [-0.2, 0) is 17.9 Å². The van der Waals surface area contributed by atoms with Gasteiger partial charge in [-0.3, -0.25) is 9.48 Å². The van der Waals surface area contributed by atoms with E-state index in [0.717, 1.165) is 18.5 Å². The van der Waals surface area contributed by atoms with E-state index in [9.17, 15) is 9.59 Å². The molecule has 2 aromatic rings. The van der Waals surface area contributed by atoms with Crippen LogP contribution in [0.3, 0.4) is 0 Å². The molecule has 0 aliphatic carbocycles. The van der Waals surface area contributed by atoms with E-state index in [0.29, 0.717) is 17.9 Å². The summed E-state index contributed by atoms with van der Waals surface area (Å²) in [7, 11) is 1.73. The highest BCUT2D eigenvalue weighted by Gasteiger charge is 2.14. The molecule has 1 amide bonds. The number of carbonyl (C=O) groups is 2. The quantitative estimate of drug-likeness (QED) is 0.800. The minimum atomic E-state index is -1.02. The van der Waals surface area contributed by atoms with Crippen molar-refractivity contribution in [2.24, 2.45) is 0 Å². The summed E-state index contributed by atoms with van der Waals surface area (Å²) in [4.78, 5) is 24.5. The minimum Gasteiger partial charge on any atom is -0.482 e. The van der Waals surface area contributed by atoms with Crippen LogP contribution in [0.4, 0.5) is 0 Å². The van der Waals surface area contributed by atoms with Crippen LogP contribution in [-0.4, -0.2) is 45.3 Å². The Labute approximate surface area is 140 Å². The summed E-state index contributed by atoms with van der Waals surface area (Å²) in [5.41, 5.74) is 1.49. The van der Waals surface area contributed by atoms with E-state index in [2.05, 4.69) is 12.0 Å². The number of carboxylic acids is 1. The standard InChI is InChI=1S/C17H21N3O4/c1-3-8-20-11-14(9-18-20)17(23)19(2)10-13-4-6-15(7-5-13)24-12-16(21)22/h4-7,9,11H,3,8,10,12H2,1-2H3,(H,21,22). The van der Waals surface area contributed by atoms with Crippen molar-refractivity contribution in [2.75, 3.05) is 13.7 Å². The van der Waals surface area contributed by atoms with Gasteiger partial charge in [0.2, 0.25) is 0 Å². The molecule has 0 atom stereocenters. The van der Waals surface area contributed by atoms with Crippen molar-refractivity contribution in [3.05, 3.63) is 47.8 Å². The van der Waals surface area contributed by atoms with E-state index >= 15 is 0 Å². The molecule has 0 saturated heterocycles. The van der Waals surface area contributed by atoms with E-state index < -0.39 is 5.97 Å². The first-order valence-electron chi connectivity index (χ1n) is 7.71. The van der Waals surface area contributed by atoms with Gasteiger partial charge in [0.15, 0.2) is 6.61 Å². The molecule has 128 valence electrons. The summed E-state index contributed by atoms with van der Waals surface area (Å²) in [5.74, 6) is -0.632. The minimum absolute atomic E-state index is 0.0939. The third-order valence-corrected chi connectivity index (χ3v) is 3.39. The predicted octanol–water partition coefficient (Wildman–Crippen LogP) is 2.03. The Morgan fingerprint density at radius 3 is 2.62 bits per heavy atom. The fourth-order valence-electron chi connectivity index (χ4n) is 2.23. The van der Waals surface area contributed by atoms with E-state index in [1.807, 2.05) is 12.1 Å². The molecule has 7 heteroatoms. The lowest BCUT2D eigenvalue weighted by Crippen LogP contribution is -2.25. The Kier molecular flexibility index (Phi) is 5.95. The average molecular weight is 331 g/mol. The van der Waals surface area contributed by atoms with Crippen LogP contribution in [0.25, 0.3) is 0 Å². The molecule has 1 aromatic carbocycles. The first-order valence-corrected chi connectivity index (χ1v) is 7.71. The van der Waals surface area contributed by atoms with Crippen LogP contribution in [0, 0.1) is 0 Å². The van der Waals surface area contributed by atoms with E-state index in [1.54, 1.807) is 41.2 Å². The van der Waals surface area contributed by atoms with Gasteiger partial charge in [-0.15, -0.1) is 0 Å². The lowest BCUT2D eigenvalue weighted by Gasteiger charge is -2.16. The monoisotopic (exact) mass is 331 g/mol. The number of carboxylic acid groups (broad SMARTS) is 1. The molecule has 7 nitrogen and oxygen atoms in total. The van der Waals surface area contributed by atoms with Gasteiger partial charge < -0.3 is 14.7 Å². The summed E-state index contributed by atoms with van der Waals surface area (Å²) < 4.78 is 6.84. The zero-order valence-corrected chi connectivity index (χ0v) is 13.8. The third-order valence-electron chi connectivity index (χ3n) is 3.39. The molecule has 1 aromatic heterocycles. The van der Waals surface area contributed by atoms with Crippen LogP contribution in [0.15, 0.2) is 36.7 Å². The van der Waals surface area contributed by atoms with E-state index in [1.165, 1.54) is 0 Å². The van der Waals surface area contributed by atoms with Gasteiger partial charge in [-0.05, 0) is 24.1 Å². The molecule has 24 heavy (non-hydrogen) atoms. The normalized spacial score (nSPS) is 10.4. The van der Waals surface area contributed by atoms with Gasteiger partial charge in [0, 0.05) is 26.3 Å². The summed E-state index contributed by atoms with van der Waals surface area (Å²) in [6, 6.07) is 6.99. The summed E-state index contributed by atoms with van der Waals surface area (Å²) >= 11 is 0. The number of nitrogens with zero attached hydrogens (tertiary/aromatic N) is 3. The van der Waals surface area contributed by atoms with Gasteiger partial charge in [0.25, 0.3) is 5.91 Å². The molecule has 2 rings (SSSR count). The van der Waals surface area contributed by atoms with Crippen molar-refractivity contribution in [3.8, 4) is 5.75 Å². The lowest BCUT2D eigenvalue weighted by molar-refractivity contribution is -0.139. The topological polar surface area (TPSA) is 84.7 Å². The van der Waals surface area contributed by atoms with Crippen LogP contribution in [0.1, 0.15) is 29.3 Å². The van der Waals surface area contributed by atoms with Crippen LogP contribution in [0.5, 0.6) is 5.75 Å². The number of hydrogen-bond acceptors (Lipinski definition) is 4. The Morgan fingerprint density at radius 1 is 1.29 bits per heavy atom. The second kappa shape index (κ2) is 8.14. The second-order valence-corrected chi connectivity index (χ2v) is 5.48. The third kappa shape index (κ3) is 4.84. The number of hydrogen-bond donors (Lipinski definition) is 1. The average Bonchev–Trinajstić information content (AvgIpc) is 3.02. The maximum absolute atomic E-state index is 12.4. The largest absolute Gasteiger partial charge is 0.482 e. The SMILES string of the molecule is CCCn1cc(C(=O)N(C)Cc2ccc(OCC(=O)O)cc2)cn1. The number of carbonyl (C=O) groups excluding carboxylic acids is 1. The maximum atomic E-state index is 12.4. The molecule has 0 aliphatic rings. The molecule has 1 heterocycles. The number of benzene rings is 1. The Balaban J connectivity index is 1.94. The van der Waals surface area contributed by atoms with E-state index in [-0.39, 0.29) is 12.5 Å². The number of rotatable bonds is 8. The summed E-state index contributed by atoms with van der Waals surface area (Å²) in [6.45, 7) is 2.91. The molecular formula is C17H21N3O4. The van der Waals surface area contributed by atoms with Crippen molar-refractivity contribution in [2.45, 2.75) is 26.4 Å². The smallest absolute Gasteiger partial charge is 0.341 e. The number of ether oxygens (including phenoxy) is 1. The molecule has 0 radical (unpaired) electrons. The maximum Gasteiger partial charge on any atom is 0.341 e. The molecular weight excluding hydrogens is 310 g/mol. The van der Waals surface area contributed by atoms with Crippen molar-refractivity contribution in [3.63, 3.8) is 0 Å². The van der Waals surface area contributed by atoms with Gasteiger partial charge >= 0.3 is 5.97 Å². The number of aromatic nitrogens is 2. The van der Waals surface area contributed by atoms with Crippen molar-refractivity contribution < 1.29 is 19.4 Å². The fourth-order valence-corrected chi connectivity index (χ4v) is 2.23. The number of aryl methyl sites for hydroxylation is 1. The van der Waals surface area contributed by atoms with Crippen molar-refractivity contribution >= 4 is 11.9 Å². The first-order chi connectivity index (χ1) is 11.5. The molecule has 0 spiro atoms. The summed E-state index contributed by atoms with van der Waals surface area (Å²) in [5, 5.41) is 12.7. The molecule has 0 bridgehead atoms.